The second-order valence-electron chi connectivity index (χ2n) is 8.23. The molecule has 4 rings (SSSR count). The molecule has 1 spiro atoms. The lowest BCUT2D eigenvalue weighted by molar-refractivity contribution is -0.137. The number of guanidine groups is 1. The molecule has 0 fully saturated rings. The predicted molar refractivity (Wildman–Crippen MR) is 118 cm³/mol. The van der Waals surface area contributed by atoms with Gasteiger partial charge in [0.15, 0.2) is 11.5 Å². The third-order valence-corrected chi connectivity index (χ3v) is 6.02. The zero-order chi connectivity index (χ0) is 24.5. The zero-order valence-corrected chi connectivity index (χ0v) is 18.5. The van der Waals surface area contributed by atoms with Crippen LogP contribution in [0.4, 0.5) is 13.2 Å². The summed E-state index contributed by atoms with van der Waals surface area (Å²) in [5.74, 6) is 0.0918. The Morgan fingerprint density at radius 2 is 1.91 bits per heavy atom. The fourth-order valence-electron chi connectivity index (χ4n) is 4.25. The molecular formula is C24H23F3N4O3. The van der Waals surface area contributed by atoms with Gasteiger partial charge in [0.2, 0.25) is 0 Å². The Kier molecular flexibility index (Phi) is 6.23. The van der Waals surface area contributed by atoms with Gasteiger partial charge in [-0.25, -0.2) is 4.99 Å². The van der Waals surface area contributed by atoms with E-state index < -0.39 is 17.3 Å². The first-order chi connectivity index (χ1) is 16.2. The molecule has 2 N–H and O–H groups in total. The first-order valence-corrected chi connectivity index (χ1v) is 10.8. The monoisotopic (exact) mass is 472 g/mol. The van der Waals surface area contributed by atoms with E-state index in [1.165, 1.54) is 18.0 Å². The number of halogens is 3. The van der Waals surface area contributed by atoms with E-state index in [4.69, 9.17) is 15.2 Å². The minimum absolute atomic E-state index is 0.0540. The lowest BCUT2D eigenvalue weighted by Crippen LogP contribution is -2.40. The van der Waals surface area contributed by atoms with Crippen molar-refractivity contribution in [3.63, 3.8) is 0 Å². The number of nitrogens with zero attached hydrogens (tertiary/aromatic N) is 3. The van der Waals surface area contributed by atoms with Crippen molar-refractivity contribution in [2.45, 2.75) is 31.0 Å². The largest absolute Gasteiger partial charge is 0.491 e. The number of benzene rings is 2. The number of hydrogen-bond acceptors (Lipinski definition) is 6. The molecule has 2 aromatic rings. The molecule has 0 aliphatic carbocycles. The summed E-state index contributed by atoms with van der Waals surface area (Å²) >= 11 is 0. The Hall–Kier alpha value is -3.58. The molecule has 1 amide bonds. The zero-order valence-electron chi connectivity index (χ0n) is 18.5. The van der Waals surface area contributed by atoms with Crippen LogP contribution in [0.3, 0.4) is 0 Å². The number of nitrogens with two attached hydrogens (primary N) is 1. The number of carbonyl (C=O) groups is 1. The highest BCUT2D eigenvalue weighted by Gasteiger charge is 2.49. The first-order valence-electron chi connectivity index (χ1n) is 10.8. The summed E-state index contributed by atoms with van der Waals surface area (Å²) in [5.41, 5.74) is 4.59. The van der Waals surface area contributed by atoms with Crippen LogP contribution in [0.15, 0.2) is 41.4 Å². The Balaban J connectivity index is 1.91. The van der Waals surface area contributed by atoms with Gasteiger partial charge in [-0.1, -0.05) is 6.07 Å². The molecule has 2 aliphatic heterocycles. The van der Waals surface area contributed by atoms with E-state index >= 15 is 0 Å². The van der Waals surface area contributed by atoms with Gasteiger partial charge in [0.25, 0.3) is 5.91 Å². The molecule has 7 nitrogen and oxygen atoms in total. The molecule has 2 heterocycles. The van der Waals surface area contributed by atoms with Crippen molar-refractivity contribution in [2.24, 2.45) is 10.7 Å². The lowest BCUT2D eigenvalue weighted by atomic mass is 9.82. The standard InChI is InChI=1S/C24H23F3N4O3/c1-31-21(32)23(30-22(31)29)6-2-3-7-33-8-9-34-20-5-4-16(13-19(20)23)17-10-15(14-28)11-18(12-17)24(25,26)27/h4-5,10-13H,2-3,6-9H2,1H3,(H2,29,30)/t23-/m0/s1. The van der Waals surface area contributed by atoms with Gasteiger partial charge in [-0.15, -0.1) is 0 Å². The topological polar surface area (TPSA) is 101 Å². The summed E-state index contributed by atoms with van der Waals surface area (Å²) < 4.78 is 51.8. The molecule has 0 bridgehead atoms. The van der Waals surface area contributed by atoms with Gasteiger partial charge in [-0.3, -0.25) is 9.69 Å². The van der Waals surface area contributed by atoms with Gasteiger partial charge < -0.3 is 15.2 Å². The average molecular weight is 472 g/mol. The smallest absolute Gasteiger partial charge is 0.416 e. The number of nitriles is 1. The van der Waals surface area contributed by atoms with Crippen molar-refractivity contribution >= 4 is 11.9 Å². The van der Waals surface area contributed by atoms with E-state index in [-0.39, 0.29) is 29.6 Å². The van der Waals surface area contributed by atoms with Gasteiger partial charge in [-0.05, 0) is 60.7 Å². The van der Waals surface area contributed by atoms with Crippen molar-refractivity contribution in [1.82, 2.24) is 4.90 Å². The molecule has 0 saturated carbocycles. The number of fused-ring (bicyclic) bond motifs is 2. The Bertz CT molecular complexity index is 1190. The fraction of sp³-hybridized carbons (Fsp3) is 0.375. The molecule has 34 heavy (non-hydrogen) atoms. The van der Waals surface area contributed by atoms with E-state index in [9.17, 15) is 23.2 Å². The Morgan fingerprint density at radius 1 is 1.12 bits per heavy atom. The van der Waals surface area contributed by atoms with Crippen LogP contribution in [-0.4, -0.2) is 43.6 Å². The van der Waals surface area contributed by atoms with Crippen molar-refractivity contribution in [2.75, 3.05) is 26.9 Å². The number of rotatable bonds is 1. The van der Waals surface area contributed by atoms with Gasteiger partial charge in [0.1, 0.15) is 12.4 Å². The lowest BCUT2D eigenvalue weighted by Gasteiger charge is -2.28. The van der Waals surface area contributed by atoms with Crippen LogP contribution in [0, 0.1) is 11.3 Å². The summed E-state index contributed by atoms with van der Waals surface area (Å²) in [6.45, 7) is 1.09. The number of likely N-dealkylation sites (N-methyl/N-ethyl adjacent to an activating group) is 1. The molecule has 0 aromatic heterocycles. The van der Waals surface area contributed by atoms with Crippen LogP contribution in [0.2, 0.25) is 0 Å². The molecule has 0 radical (unpaired) electrons. The Morgan fingerprint density at radius 3 is 2.59 bits per heavy atom. The predicted octanol–water partition coefficient (Wildman–Crippen LogP) is 3.81. The van der Waals surface area contributed by atoms with Gasteiger partial charge in [-0.2, -0.15) is 18.4 Å². The quantitative estimate of drug-likeness (QED) is 0.680. The molecule has 178 valence electrons. The summed E-state index contributed by atoms with van der Waals surface area (Å²) in [6.07, 6.45) is -2.98. The van der Waals surface area contributed by atoms with Crippen molar-refractivity contribution < 1.29 is 27.4 Å². The summed E-state index contributed by atoms with van der Waals surface area (Å²) in [7, 11) is 1.53. The van der Waals surface area contributed by atoms with Crippen molar-refractivity contribution in [3.8, 4) is 22.9 Å². The molecule has 10 heteroatoms. The van der Waals surface area contributed by atoms with Crippen LogP contribution in [0.25, 0.3) is 11.1 Å². The van der Waals surface area contributed by atoms with Crippen LogP contribution in [-0.2, 0) is 21.2 Å². The van der Waals surface area contributed by atoms with E-state index in [0.29, 0.717) is 49.4 Å². The van der Waals surface area contributed by atoms with E-state index in [0.717, 1.165) is 12.1 Å². The summed E-state index contributed by atoms with van der Waals surface area (Å²) in [6, 6.07) is 9.76. The van der Waals surface area contributed by atoms with Crippen LogP contribution in [0.1, 0.15) is 36.0 Å². The van der Waals surface area contributed by atoms with Gasteiger partial charge in [0.05, 0.1) is 23.8 Å². The maximum Gasteiger partial charge on any atom is 0.416 e. The first kappa shape index (κ1) is 23.6. The highest BCUT2D eigenvalue weighted by atomic mass is 19.4. The molecule has 0 unspecified atom stereocenters. The number of hydrogen-bond donors (Lipinski definition) is 1. The van der Waals surface area contributed by atoms with Crippen LogP contribution < -0.4 is 10.5 Å². The number of ether oxygens (including phenoxy) is 2. The van der Waals surface area contributed by atoms with E-state index in [1.807, 2.05) is 0 Å². The second kappa shape index (κ2) is 8.99. The number of carbonyl (C=O) groups excluding carboxylic acids is 1. The molecule has 0 saturated heterocycles. The van der Waals surface area contributed by atoms with E-state index in [2.05, 4.69) is 4.99 Å². The Labute approximate surface area is 194 Å². The van der Waals surface area contributed by atoms with Crippen molar-refractivity contribution in [1.29, 1.82) is 5.26 Å². The van der Waals surface area contributed by atoms with Crippen LogP contribution in [0.5, 0.6) is 5.75 Å². The number of aliphatic imine (C=N–C) groups is 1. The average Bonchev–Trinajstić information content (AvgIpc) is 3.01. The highest BCUT2D eigenvalue weighted by Crippen LogP contribution is 2.44. The fourth-order valence-corrected chi connectivity index (χ4v) is 4.25. The second-order valence-corrected chi connectivity index (χ2v) is 8.23. The minimum Gasteiger partial charge on any atom is -0.491 e. The molecular weight excluding hydrogens is 449 g/mol. The SMILES string of the molecule is CN1C(=O)[C@@]2(CCCCOCCOc3ccc(-c4cc(C#N)cc(C(F)(F)F)c4)cc32)N=C1N. The third kappa shape index (κ3) is 4.31. The number of amides is 1. The molecule has 2 aromatic carbocycles. The van der Waals surface area contributed by atoms with Crippen molar-refractivity contribution in [3.05, 3.63) is 53.1 Å². The van der Waals surface area contributed by atoms with Gasteiger partial charge in [0, 0.05) is 19.2 Å². The van der Waals surface area contributed by atoms with Crippen LogP contribution >= 0.6 is 0 Å². The minimum atomic E-state index is -4.62. The summed E-state index contributed by atoms with van der Waals surface area (Å²) in [4.78, 5) is 19.2. The maximum absolute atomic E-state index is 13.4. The highest BCUT2D eigenvalue weighted by molar-refractivity contribution is 6.07. The summed E-state index contributed by atoms with van der Waals surface area (Å²) in [5, 5.41) is 9.27. The number of alkyl halides is 3. The van der Waals surface area contributed by atoms with Gasteiger partial charge >= 0.3 is 6.18 Å². The third-order valence-electron chi connectivity index (χ3n) is 6.02. The normalized spacial score (nSPS) is 21.3. The maximum atomic E-state index is 13.4. The van der Waals surface area contributed by atoms with E-state index in [1.54, 1.807) is 24.3 Å². The molecule has 1 atom stereocenters. The molecule has 2 aliphatic rings.